The number of aliphatic carboxylic acids is 1. The van der Waals surface area contributed by atoms with Crippen molar-refractivity contribution in [3.63, 3.8) is 0 Å². The standard InChI is InChI=1S/C47H74N2O27/c1-20-11-12-23(55)22(14-20)42(65)49-31-40(38(73-44-36(63)35(62)33(60)26(17-51)70-44)28(19-53)72-43(31)69-13-9-7-5-4-6-8-10-29(58)68-3)74-45-37(64)41(34(61)27(18-52)71-45)76-47(46(66)67)15-24(56)30(48-21(2)54)39(75-47)32(59)25(57)16-50/h11-12,14,24-28,30-41,43-45,50-53,55-57,59-64H,4-10,13,15-19H2,1-3H3,(H,48,54)(H,49,65)(H,66,67)/t24?,25?,26?,27?,28?,30-,31?,32?,33-,34+,35?,36?,37?,38-,39?,40?,41?,43-,44?,45?,47+/m1/s1. The number of aromatic hydroxyl groups is 1. The number of rotatable bonds is 26. The Kier molecular flexibility index (Phi) is 23.9. The summed E-state index contributed by atoms with van der Waals surface area (Å²) >= 11 is 0. The number of benzene rings is 1. The molecule has 434 valence electrons. The number of aliphatic hydroxyl groups is 12. The topological polar surface area (TPSA) is 459 Å². The average Bonchev–Trinajstić information content (AvgIpc) is 3.39. The Morgan fingerprint density at radius 3 is 1.92 bits per heavy atom. The van der Waals surface area contributed by atoms with Crippen LogP contribution in [0.4, 0.5) is 0 Å². The summed E-state index contributed by atoms with van der Waals surface area (Å²) in [6.07, 6.45) is -33.2. The molecular weight excluding hydrogens is 1020 g/mol. The molecule has 4 heterocycles. The summed E-state index contributed by atoms with van der Waals surface area (Å²) < 4.78 is 52.7. The fourth-order valence-electron chi connectivity index (χ4n) is 9.38. The largest absolute Gasteiger partial charge is 0.507 e. The van der Waals surface area contributed by atoms with E-state index in [1.54, 1.807) is 6.92 Å². The number of phenols is 1. The van der Waals surface area contributed by atoms with Crippen LogP contribution in [0.25, 0.3) is 0 Å². The molecule has 1 aromatic carbocycles. The van der Waals surface area contributed by atoms with Gasteiger partial charge in [0.2, 0.25) is 5.91 Å². The zero-order valence-electron chi connectivity index (χ0n) is 42.0. The van der Waals surface area contributed by atoms with Crippen LogP contribution in [0.5, 0.6) is 5.75 Å². The first kappa shape index (κ1) is 62.9. The van der Waals surface area contributed by atoms with Crippen molar-refractivity contribution in [2.75, 3.05) is 40.1 Å². The maximum Gasteiger partial charge on any atom is 0.364 e. The number of amides is 2. The molecule has 4 aliphatic rings. The van der Waals surface area contributed by atoms with E-state index in [4.69, 9.17) is 37.9 Å². The van der Waals surface area contributed by atoms with Crippen LogP contribution in [-0.4, -0.2) is 264 Å². The van der Waals surface area contributed by atoms with Gasteiger partial charge in [0.25, 0.3) is 11.7 Å². The van der Waals surface area contributed by atoms with Crippen molar-refractivity contribution < 1.29 is 133 Å². The van der Waals surface area contributed by atoms with Crippen molar-refractivity contribution in [2.45, 2.75) is 194 Å². The Morgan fingerprint density at radius 1 is 0.724 bits per heavy atom. The first-order valence-corrected chi connectivity index (χ1v) is 24.9. The van der Waals surface area contributed by atoms with E-state index >= 15 is 0 Å². The Bertz CT molecular complexity index is 2020. The number of carboxylic acid groups (broad SMARTS) is 1. The Labute approximate surface area is 435 Å². The minimum atomic E-state index is -3.20. The number of carboxylic acids is 1. The minimum Gasteiger partial charge on any atom is -0.507 e. The summed E-state index contributed by atoms with van der Waals surface area (Å²) in [4.78, 5) is 51.2. The van der Waals surface area contributed by atoms with Crippen molar-refractivity contribution in [1.82, 2.24) is 10.6 Å². The van der Waals surface area contributed by atoms with E-state index in [-0.39, 0.29) is 24.6 Å². The lowest BCUT2D eigenvalue weighted by Gasteiger charge is -2.52. The van der Waals surface area contributed by atoms with Crippen molar-refractivity contribution in [2.24, 2.45) is 0 Å². The molecule has 1 aromatic rings. The first-order valence-electron chi connectivity index (χ1n) is 24.9. The fraction of sp³-hybridized carbons (Fsp3) is 0.787. The van der Waals surface area contributed by atoms with Gasteiger partial charge >= 0.3 is 11.9 Å². The molecule has 0 aromatic heterocycles. The molecule has 2 amide bonds. The monoisotopic (exact) mass is 1100 g/mol. The van der Waals surface area contributed by atoms with E-state index in [0.29, 0.717) is 31.2 Å². The lowest BCUT2D eigenvalue weighted by atomic mass is 9.88. The predicted molar refractivity (Wildman–Crippen MR) is 249 cm³/mol. The summed E-state index contributed by atoms with van der Waals surface area (Å²) in [5.41, 5.74) is 0.219. The van der Waals surface area contributed by atoms with E-state index in [1.807, 2.05) is 0 Å². The Morgan fingerprint density at radius 2 is 1.32 bits per heavy atom. The Balaban J connectivity index is 1.56. The molecule has 4 fully saturated rings. The molecule has 76 heavy (non-hydrogen) atoms. The van der Waals surface area contributed by atoms with E-state index in [9.17, 15) is 90.7 Å². The number of aryl methyl sites for hydroxylation is 1. The number of phenolic OH excluding ortho intramolecular Hbond substituents is 1. The second-order valence-electron chi connectivity index (χ2n) is 19.1. The molecule has 0 spiro atoms. The van der Waals surface area contributed by atoms with Crippen molar-refractivity contribution >= 4 is 23.8 Å². The van der Waals surface area contributed by atoms with Crippen LogP contribution in [0, 0.1) is 6.92 Å². The van der Waals surface area contributed by atoms with Gasteiger partial charge < -0.3 is 125 Å². The summed E-state index contributed by atoms with van der Waals surface area (Å²) in [6, 6.07) is 0.672. The molecule has 0 saturated carbocycles. The minimum absolute atomic E-state index is 0.0911. The van der Waals surface area contributed by atoms with Gasteiger partial charge in [-0.25, -0.2) is 4.79 Å². The van der Waals surface area contributed by atoms with Crippen LogP contribution in [0.15, 0.2) is 18.2 Å². The highest BCUT2D eigenvalue weighted by molar-refractivity contribution is 5.97. The highest BCUT2D eigenvalue weighted by Crippen LogP contribution is 2.39. The predicted octanol–water partition coefficient (Wildman–Crippen LogP) is -6.02. The fourth-order valence-corrected chi connectivity index (χ4v) is 9.38. The summed E-state index contributed by atoms with van der Waals surface area (Å²) in [5, 5.41) is 156. The summed E-state index contributed by atoms with van der Waals surface area (Å²) in [6.45, 7) is -1.60. The molecule has 16 N–H and O–H groups in total. The number of aliphatic hydroxyl groups excluding tert-OH is 12. The number of hydrogen-bond donors (Lipinski definition) is 16. The van der Waals surface area contributed by atoms with E-state index in [0.717, 1.165) is 19.8 Å². The molecule has 0 radical (unpaired) electrons. The molecular formula is C47H74N2O27. The van der Waals surface area contributed by atoms with Gasteiger partial charge in [-0.1, -0.05) is 37.3 Å². The maximum absolute atomic E-state index is 14.3. The average molecular weight is 1100 g/mol. The van der Waals surface area contributed by atoms with Crippen LogP contribution < -0.4 is 10.6 Å². The SMILES string of the molecule is COC(=O)CCCCCCCCO[C@@H]1OC(CO)[C@@H](OC2OC(CO)[C@@H](O)C(O)C2O)C(OC2OC(CO)[C@H](O)C(O[C@]3(C(=O)O)CC(O)[C@@H](NC(C)=O)C(C(O)C(O)CO)O3)C2O)C1NC(=O)c1cc(C)ccc1O. The molecule has 5 rings (SSSR count). The molecule has 4 aliphatic heterocycles. The van der Waals surface area contributed by atoms with Crippen molar-refractivity contribution in [3.05, 3.63) is 29.3 Å². The zero-order valence-corrected chi connectivity index (χ0v) is 42.0. The third-order valence-corrected chi connectivity index (χ3v) is 13.6. The first-order chi connectivity index (χ1) is 36.1. The van der Waals surface area contributed by atoms with Crippen molar-refractivity contribution in [1.29, 1.82) is 0 Å². The van der Waals surface area contributed by atoms with E-state index in [2.05, 4.69) is 15.4 Å². The third kappa shape index (κ3) is 15.3. The normalized spacial score (nSPS) is 36.7. The number of hydrogen-bond acceptors (Lipinski definition) is 26. The highest BCUT2D eigenvalue weighted by Gasteiger charge is 2.61. The number of ether oxygens (including phenoxy) is 9. The van der Waals surface area contributed by atoms with Gasteiger partial charge in [0, 0.05) is 26.4 Å². The zero-order chi connectivity index (χ0) is 56.2. The molecule has 29 heteroatoms. The van der Waals surface area contributed by atoms with Gasteiger partial charge in [-0.2, -0.15) is 0 Å². The van der Waals surface area contributed by atoms with Gasteiger partial charge in [-0.05, 0) is 31.9 Å². The van der Waals surface area contributed by atoms with E-state index < -0.39 is 185 Å². The number of carbonyl (C=O) groups excluding carboxylic acids is 3. The maximum atomic E-state index is 14.3. The Hall–Kier alpha value is -3.90. The third-order valence-electron chi connectivity index (χ3n) is 13.6. The van der Waals surface area contributed by atoms with Gasteiger partial charge in [-0.15, -0.1) is 0 Å². The molecule has 21 atom stereocenters. The lowest BCUT2D eigenvalue weighted by molar-refractivity contribution is -0.391. The van der Waals surface area contributed by atoms with Crippen LogP contribution >= 0.6 is 0 Å². The molecule has 0 bridgehead atoms. The number of methoxy groups -OCH3 is 1. The van der Waals surface area contributed by atoms with Gasteiger partial charge in [0.1, 0.15) is 97.2 Å². The second-order valence-corrected chi connectivity index (χ2v) is 19.1. The quantitative estimate of drug-likeness (QED) is 0.0303. The highest BCUT2D eigenvalue weighted by atomic mass is 16.8. The van der Waals surface area contributed by atoms with Crippen LogP contribution in [0.2, 0.25) is 0 Å². The summed E-state index contributed by atoms with van der Waals surface area (Å²) in [7, 11) is 1.30. The number of esters is 1. The van der Waals surface area contributed by atoms with Gasteiger partial charge in [0.05, 0.1) is 51.2 Å². The lowest BCUT2D eigenvalue weighted by Crippen LogP contribution is -2.71. The number of nitrogens with one attached hydrogen (secondary N) is 2. The molecule has 15 unspecified atom stereocenters. The van der Waals surface area contributed by atoms with Crippen LogP contribution in [0.1, 0.15) is 74.2 Å². The van der Waals surface area contributed by atoms with E-state index in [1.165, 1.54) is 25.3 Å². The summed E-state index contributed by atoms with van der Waals surface area (Å²) in [5.74, 6) is -7.91. The molecule has 29 nitrogen and oxygen atoms in total. The second kappa shape index (κ2) is 28.8. The number of unbranched alkanes of at least 4 members (excludes halogenated alkanes) is 5. The molecule has 0 aliphatic carbocycles. The smallest absolute Gasteiger partial charge is 0.364 e. The van der Waals surface area contributed by atoms with Gasteiger partial charge in [-0.3, -0.25) is 14.4 Å². The van der Waals surface area contributed by atoms with Crippen molar-refractivity contribution in [3.8, 4) is 5.75 Å². The van der Waals surface area contributed by atoms with Gasteiger partial charge in [0.15, 0.2) is 18.9 Å². The van der Waals surface area contributed by atoms with Crippen LogP contribution in [0.3, 0.4) is 0 Å². The number of carbonyl (C=O) groups is 4. The molecule has 4 saturated heterocycles. The van der Waals surface area contributed by atoms with Crippen LogP contribution in [-0.2, 0) is 57.0 Å².